The smallest absolute Gasteiger partial charge is 0.276 e. The number of nitrogens with one attached hydrogen (secondary N) is 2. The fourth-order valence-electron chi connectivity index (χ4n) is 3.35. The number of rotatable bonds is 5. The summed E-state index contributed by atoms with van der Waals surface area (Å²) in [5, 5.41) is 16.0. The van der Waals surface area contributed by atoms with Crippen LogP contribution in [0, 0.1) is 0 Å². The van der Waals surface area contributed by atoms with E-state index < -0.39 is 11.7 Å². The number of aromatic nitrogens is 2. The average Bonchev–Trinajstić information content (AvgIpc) is 3.28. The van der Waals surface area contributed by atoms with Crippen molar-refractivity contribution in [2.75, 3.05) is 12.2 Å². The molecule has 0 fully saturated rings. The van der Waals surface area contributed by atoms with Crippen LogP contribution in [-0.4, -0.2) is 27.6 Å². The number of hydrogen-bond donors (Lipinski definition) is 3. The lowest BCUT2D eigenvalue weighted by molar-refractivity contribution is 0.173. The third-order valence-corrected chi connectivity index (χ3v) is 5.18. The lowest BCUT2D eigenvalue weighted by atomic mass is 10.0. The number of aliphatic hydroxyl groups excluding tert-OH is 1. The molecule has 1 aromatic heterocycles. The summed E-state index contributed by atoms with van der Waals surface area (Å²) in [5.74, 6) is 1.09. The minimum atomic E-state index is -1.26. The molecule has 3 aromatic carbocycles. The highest BCUT2D eigenvalue weighted by atomic mass is 35.5. The Morgan fingerprint density at radius 1 is 1.09 bits per heavy atom. The first kappa shape index (κ1) is 20.0. The molecule has 0 aliphatic carbocycles. The van der Waals surface area contributed by atoms with Gasteiger partial charge < -0.3 is 19.6 Å². The highest BCUT2D eigenvalue weighted by molar-refractivity contribution is 6.31. The summed E-state index contributed by atoms with van der Waals surface area (Å²) < 4.78 is 10.7. The summed E-state index contributed by atoms with van der Waals surface area (Å²) in [7, 11) is 0. The second-order valence-electron chi connectivity index (χ2n) is 7.07. The van der Waals surface area contributed by atoms with Crippen molar-refractivity contribution < 1.29 is 14.6 Å². The van der Waals surface area contributed by atoms with Crippen molar-refractivity contribution in [3.05, 3.63) is 93.4 Å². The van der Waals surface area contributed by atoms with Crippen LogP contribution in [0.1, 0.15) is 17.4 Å². The van der Waals surface area contributed by atoms with Gasteiger partial charge in [0.15, 0.2) is 17.2 Å². The third-order valence-electron chi connectivity index (χ3n) is 4.95. The molecule has 9 heteroatoms. The van der Waals surface area contributed by atoms with Gasteiger partial charge in [-0.15, -0.1) is 0 Å². The molecule has 2 heterocycles. The van der Waals surface area contributed by atoms with Gasteiger partial charge in [-0.1, -0.05) is 35.9 Å². The molecule has 0 saturated heterocycles. The zero-order chi connectivity index (χ0) is 22.1. The first-order valence-electron chi connectivity index (χ1n) is 9.75. The fourth-order valence-corrected chi connectivity index (χ4v) is 3.53. The maximum atomic E-state index is 12.9. The molecule has 1 atom stereocenters. The van der Waals surface area contributed by atoms with Crippen molar-refractivity contribution >= 4 is 34.0 Å². The van der Waals surface area contributed by atoms with Gasteiger partial charge in [0.05, 0.1) is 16.7 Å². The van der Waals surface area contributed by atoms with Crippen LogP contribution in [0.3, 0.4) is 0 Å². The Labute approximate surface area is 187 Å². The van der Waals surface area contributed by atoms with E-state index in [0.29, 0.717) is 38.8 Å². The van der Waals surface area contributed by atoms with E-state index in [1.807, 2.05) is 30.3 Å². The molecule has 1 aliphatic rings. The average molecular weight is 449 g/mol. The summed E-state index contributed by atoms with van der Waals surface area (Å²) in [6.07, 6.45) is -1.26. The van der Waals surface area contributed by atoms with Crippen LogP contribution in [-0.2, 0) is 0 Å². The predicted octanol–water partition coefficient (Wildman–Crippen LogP) is 3.86. The second kappa shape index (κ2) is 8.33. The predicted molar refractivity (Wildman–Crippen MR) is 122 cm³/mol. The van der Waals surface area contributed by atoms with Crippen LogP contribution in [0.2, 0.25) is 5.02 Å². The Morgan fingerprint density at radius 3 is 2.75 bits per heavy atom. The van der Waals surface area contributed by atoms with Crippen LogP contribution < -0.4 is 20.5 Å². The van der Waals surface area contributed by atoms with Crippen molar-refractivity contribution in [1.29, 1.82) is 0 Å². The summed E-state index contributed by atoms with van der Waals surface area (Å²) in [5.41, 5.74) is 4.56. The second-order valence-corrected chi connectivity index (χ2v) is 7.50. The SMILES string of the molecule is O=c1[nH]c2cc(Cl)ccc2nc1/C(=N\Nc1ccccc1)C(O)c1ccc2c(c1)OCO2. The number of para-hydroxylation sites is 1. The highest BCUT2D eigenvalue weighted by Crippen LogP contribution is 2.34. The topological polar surface area (TPSA) is 109 Å². The van der Waals surface area contributed by atoms with Crippen LogP contribution in [0.5, 0.6) is 11.5 Å². The van der Waals surface area contributed by atoms with Gasteiger partial charge in [0, 0.05) is 5.02 Å². The van der Waals surface area contributed by atoms with Crippen LogP contribution in [0.15, 0.2) is 76.6 Å². The number of benzene rings is 3. The van der Waals surface area contributed by atoms with Crippen molar-refractivity contribution in [2.24, 2.45) is 5.10 Å². The maximum Gasteiger partial charge on any atom is 0.276 e. The van der Waals surface area contributed by atoms with Crippen molar-refractivity contribution in [3.8, 4) is 11.5 Å². The Hall–Kier alpha value is -3.88. The largest absolute Gasteiger partial charge is 0.454 e. The number of H-pyrrole nitrogens is 1. The summed E-state index contributed by atoms with van der Waals surface area (Å²) in [6, 6.07) is 19.2. The number of halogens is 1. The molecule has 8 nitrogen and oxygen atoms in total. The van der Waals surface area contributed by atoms with Gasteiger partial charge in [-0.25, -0.2) is 4.98 Å². The van der Waals surface area contributed by atoms with E-state index in [2.05, 4.69) is 20.5 Å². The van der Waals surface area contributed by atoms with Crippen LogP contribution >= 0.6 is 11.6 Å². The van der Waals surface area contributed by atoms with E-state index >= 15 is 0 Å². The lowest BCUT2D eigenvalue weighted by Crippen LogP contribution is -2.26. The molecule has 0 bridgehead atoms. The molecular formula is C23H17ClN4O4. The number of aliphatic hydroxyl groups is 1. The molecule has 160 valence electrons. The lowest BCUT2D eigenvalue weighted by Gasteiger charge is -2.15. The molecule has 1 aliphatic heterocycles. The standard InChI is InChI=1S/C23H17ClN4O4/c24-14-7-8-16-17(11-14)26-23(30)21(25-16)20(28-27-15-4-2-1-3-5-15)22(29)13-6-9-18-19(10-13)32-12-31-18/h1-11,22,27,29H,12H2,(H,26,30)/b28-20+. The van der Waals surface area contributed by atoms with E-state index in [-0.39, 0.29) is 18.2 Å². The van der Waals surface area contributed by atoms with Crippen molar-refractivity contribution in [2.45, 2.75) is 6.10 Å². The van der Waals surface area contributed by atoms with E-state index in [1.165, 1.54) is 0 Å². The Kier molecular flexibility index (Phi) is 5.22. The summed E-state index contributed by atoms with van der Waals surface area (Å²) >= 11 is 6.02. The highest BCUT2D eigenvalue weighted by Gasteiger charge is 2.25. The summed E-state index contributed by atoms with van der Waals surface area (Å²) in [4.78, 5) is 20.1. The minimum absolute atomic E-state index is 0.0200. The molecular weight excluding hydrogens is 432 g/mol. The zero-order valence-electron chi connectivity index (χ0n) is 16.6. The molecule has 0 radical (unpaired) electrons. The van der Waals surface area contributed by atoms with Gasteiger partial charge in [0.25, 0.3) is 5.56 Å². The van der Waals surface area contributed by atoms with Gasteiger partial charge in [-0.05, 0) is 48.0 Å². The molecule has 0 spiro atoms. The van der Waals surface area contributed by atoms with E-state index in [4.69, 9.17) is 21.1 Å². The first-order chi connectivity index (χ1) is 15.6. The Bertz CT molecular complexity index is 1390. The Balaban J connectivity index is 1.61. The Morgan fingerprint density at radius 2 is 1.91 bits per heavy atom. The monoisotopic (exact) mass is 448 g/mol. The summed E-state index contributed by atoms with van der Waals surface area (Å²) in [6.45, 7) is 0.111. The molecule has 0 amide bonds. The van der Waals surface area contributed by atoms with E-state index in [0.717, 1.165) is 0 Å². The number of nitrogens with zero attached hydrogens (tertiary/aromatic N) is 2. The zero-order valence-corrected chi connectivity index (χ0v) is 17.3. The van der Waals surface area contributed by atoms with E-state index in [1.54, 1.807) is 36.4 Å². The number of hydrogen-bond acceptors (Lipinski definition) is 7. The van der Waals surface area contributed by atoms with Gasteiger partial charge in [0.2, 0.25) is 6.79 Å². The first-order valence-corrected chi connectivity index (χ1v) is 10.1. The number of hydrazone groups is 1. The van der Waals surface area contributed by atoms with Gasteiger partial charge >= 0.3 is 0 Å². The molecule has 0 saturated carbocycles. The van der Waals surface area contributed by atoms with Crippen molar-refractivity contribution in [3.63, 3.8) is 0 Å². The molecule has 5 rings (SSSR count). The number of ether oxygens (including phenoxy) is 2. The number of anilines is 1. The number of aromatic amines is 1. The molecule has 1 unspecified atom stereocenters. The minimum Gasteiger partial charge on any atom is -0.454 e. The quantitative estimate of drug-likeness (QED) is 0.316. The molecule has 32 heavy (non-hydrogen) atoms. The van der Waals surface area contributed by atoms with Gasteiger partial charge in [-0.3, -0.25) is 10.2 Å². The van der Waals surface area contributed by atoms with Crippen molar-refractivity contribution in [1.82, 2.24) is 9.97 Å². The number of fused-ring (bicyclic) bond motifs is 2. The third kappa shape index (κ3) is 3.89. The van der Waals surface area contributed by atoms with E-state index in [9.17, 15) is 9.90 Å². The van der Waals surface area contributed by atoms with Crippen LogP contribution in [0.4, 0.5) is 5.69 Å². The van der Waals surface area contributed by atoms with Gasteiger partial charge in [0.1, 0.15) is 11.8 Å². The maximum absolute atomic E-state index is 12.9. The fraction of sp³-hybridized carbons (Fsp3) is 0.0870. The normalized spacial score (nSPS) is 13.9. The molecule has 4 aromatic rings. The van der Waals surface area contributed by atoms with Crippen LogP contribution in [0.25, 0.3) is 11.0 Å². The van der Waals surface area contributed by atoms with Gasteiger partial charge in [-0.2, -0.15) is 5.10 Å². The molecule has 3 N–H and O–H groups in total.